The van der Waals surface area contributed by atoms with Gasteiger partial charge < -0.3 is 24.4 Å². The van der Waals surface area contributed by atoms with Crippen molar-refractivity contribution in [2.45, 2.75) is 71.0 Å². The highest BCUT2D eigenvalue weighted by Crippen LogP contribution is 2.47. The number of carbonyl (C=O) groups excluding carboxylic acids is 1. The number of nitrogens with zero attached hydrogens (tertiary/aromatic N) is 3. The molecule has 2 aliphatic heterocycles. The quantitative estimate of drug-likeness (QED) is 0.249. The van der Waals surface area contributed by atoms with Crippen molar-refractivity contribution in [1.29, 1.82) is 0 Å². The first-order chi connectivity index (χ1) is 20.9. The van der Waals surface area contributed by atoms with Gasteiger partial charge in [-0.3, -0.25) is 0 Å². The molecule has 0 bridgehead atoms. The number of para-hydroxylation sites is 1. The molecule has 1 amide bonds. The maximum absolute atomic E-state index is 14.7. The minimum atomic E-state index is -0.512. The van der Waals surface area contributed by atoms with E-state index < -0.39 is 5.60 Å². The second-order valence-electron chi connectivity index (χ2n) is 13.2. The van der Waals surface area contributed by atoms with Crippen molar-refractivity contribution in [1.82, 2.24) is 14.9 Å². The van der Waals surface area contributed by atoms with Gasteiger partial charge in [0.1, 0.15) is 28.5 Å². The van der Waals surface area contributed by atoms with Crippen LogP contribution >= 0.6 is 0 Å². The number of anilines is 2. The second kappa shape index (κ2) is 11.3. The van der Waals surface area contributed by atoms with E-state index in [4.69, 9.17) is 19.2 Å². The Balaban J connectivity index is 1.30. The largest absolute Gasteiger partial charge is 0.496 e. The molecule has 0 radical (unpaired) electrons. The molecule has 0 saturated carbocycles. The van der Waals surface area contributed by atoms with E-state index in [0.29, 0.717) is 47.2 Å². The van der Waals surface area contributed by atoms with E-state index in [9.17, 15) is 9.18 Å². The van der Waals surface area contributed by atoms with Crippen LogP contribution in [-0.4, -0.2) is 52.4 Å². The number of halogens is 1. The summed E-state index contributed by atoms with van der Waals surface area (Å²) in [6.07, 6.45) is 3.86. The molecule has 1 N–H and O–H groups in total. The van der Waals surface area contributed by atoms with Crippen LogP contribution in [0, 0.1) is 5.82 Å². The van der Waals surface area contributed by atoms with Gasteiger partial charge in [0.05, 0.1) is 18.3 Å². The lowest BCUT2D eigenvalue weighted by atomic mass is 9.84. The average Bonchev–Trinajstić information content (AvgIpc) is 3.31. The van der Waals surface area contributed by atoms with Gasteiger partial charge in [0.25, 0.3) is 0 Å². The predicted octanol–water partition coefficient (Wildman–Crippen LogP) is 8.02. The Labute approximate surface area is 257 Å². The van der Waals surface area contributed by atoms with Crippen LogP contribution in [0.15, 0.2) is 54.7 Å². The molecule has 1 saturated heterocycles. The second-order valence-corrected chi connectivity index (χ2v) is 13.2. The van der Waals surface area contributed by atoms with E-state index >= 15 is 0 Å². The minimum absolute atomic E-state index is 0.253. The summed E-state index contributed by atoms with van der Waals surface area (Å²) in [7, 11) is 1.60. The van der Waals surface area contributed by atoms with Gasteiger partial charge in [-0.25, -0.2) is 19.2 Å². The van der Waals surface area contributed by atoms with Gasteiger partial charge in [-0.15, -0.1) is 0 Å². The lowest BCUT2D eigenvalue weighted by molar-refractivity contribution is 0.0204. The smallest absolute Gasteiger partial charge is 0.410 e. The molecule has 0 aliphatic carbocycles. The van der Waals surface area contributed by atoms with E-state index in [0.717, 1.165) is 36.3 Å². The molecule has 1 fully saturated rings. The number of fused-ring (bicyclic) bond motifs is 2. The summed E-state index contributed by atoms with van der Waals surface area (Å²) in [6.45, 7) is 11.1. The molecule has 0 unspecified atom stereocenters. The Bertz CT molecular complexity index is 1720. The van der Waals surface area contributed by atoms with Gasteiger partial charge in [0.15, 0.2) is 0 Å². The van der Waals surface area contributed by atoms with Crippen molar-refractivity contribution >= 4 is 28.6 Å². The number of benzene rings is 3. The summed E-state index contributed by atoms with van der Waals surface area (Å²) < 4.78 is 32.3. The van der Waals surface area contributed by atoms with Crippen molar-refractivity contribution < 1.29 is 23.4 Å². The maximum Gasteiger partial charge on any atom is 0.410 e. The van der Waals surface area contributed by atoms with Gasteiger partial charge in [-0.2, -0.15) is 0 Å². The number of methoxy groups -OCH3 is 1. The third-order valence-electron chi connectivity index (χ3n) is 8.16. The van der Waals surface area contributed by atoms with Crippen LogP contribution in [0.3, 0.4) is 0 Å². The standard InChI is InChI=1S/C35H39FN4O4/c1-34(2,3)44-33(41)40-15-13-21(14-16-40)24-11-12-28(31-27(24)19-35(4,5)43-31)38-32-37-20-22-17-23(36)18-26(30(22)39-32)25-9-7-8-10-29(25)42-6/h7-12,17-18,20-21H,13-16,19H2,1-6H3,(H,37,38,39). The normalized spacial score (nSPS) is 16.4. The topological polar surface area (TPSA) is 85.8 Å². The van der Waals surface area contributed by atoms with Crippen LogP contribution in [0.5, 0.6) is 11.5 Å². The van der Waals surface area contributed by atoms with Crippen molar-refractivity contribution in [3.05, 3.63) is 71.7 Å². The summed E-state index contributed by atoms with van der Waals surface area (Å²) in [6, 6.07) is 14.6. The number of ether oxygens (including phenoxy) is 3. The summed E-state index contributed by atoms with van der Waals surface area (Å²) in [5.41, 5.74) is 4.31. The van der Waals surface area contributed by atoms with Crippen molar-refractivity contribution in [3.63, 3.8) is 0 Å². The Morgan fingerprint density at radius 3 is 2.57 bits per heavy atom. The highest BCUT2D eigenvalue weighted by atomic mass is 19.1. The number of carbonyl (C=O) groups is 1. The molecular weight excluding hydrogens is 559 g/mol. The third-order valence-corrected chi connectivity index (χ3v) is 8.16. The fourth-order valence-electron chi connectivity index (χ4n) is 6.22. The highest BCUT2D eigenvalue weighted by molar-refractivity contribution is 5.95. The number of likely N-dealkylation sites (tertiary alicyclic amines) is 1. The van der Waals surface area contributed by atoms with Crippen molar-refractivity contribution in [3.8, 4) is 22.6 Å². The van der Waals surface area contributed by atoms with Gasteiger partial charge in [-0.1, -0.05) is 24.3 Å². The van der Waals surface area contributed by atoms with Crippen LogP contribution in [0.4, 0.5) is 20.8 Å². The van der Waals surface area contributed by atoms with E-state index in [2.05, 4.69) is 30.2 Å². The molecule has 230 valence electrons. The zero-order valence-corrected chi connectivity index (χ0v) is 26.2. The molecule has 9 heteroatoms. The summed E-state index contributed by atoms with van der Waals surface area (Å²) in [5, 5.41) is 3.98. The van der Waals surface area contributed by atoms with Crippen LogP contribution < -0.4 is 14.8 Å². The van der Waals surface area contributed by atoms with Crippen molar-refractivity contribution in [2.75, 3.05) is 25.5 Å². The molecule has 2 aliphatic rings. The summed E-state index contributed by atoms with van der Waals surface area (Å²) >= 11 is 0. The highest BCUT2D eigenvalue weighted by Gasteiger charge is 2.37. The molecule has 0 atom stereocenters. The average molecular weight is 599 g/mol. The molecule has 1 aromatic heterocycles. The van der Waals surface area contributed by atoms with Gasteiger partial charge in [0.2, 0.25) is 5.95 Å². The number of rotatable bonds is 5. The molecule has 0 spiro atoms. The van der Waals surface area contributed by atoms with Crippen LogP contribution in [0.1, 0.15) is 64.5 Å². The molecule has 6 rings (SSSR count). The number of amides is 1. The molecule has 44 heavy (non-hydrogen) atoms. The van der Waals surface area contributed by atoms with Crippen LogP contribution in [-0.2, 0) is 11.2 Å². The van der Waals surface area contributed by atoms with Gasteiger partial charge in [0, 0.05) is 47.8 Å². The van der Waals surface area contributed by atoms with E-state index in [1.807, 2.05) is 51.1 Å². The molecule has 8 nitrogen and oxygen atoms in total. The molecule has 3 heterocycles. The van der Waals surface area contributed by atoms with Crippen molar-refractivity contribution in [2.24, 2.45) is 0 Å². The summed E-state index contributed by atoms with van der Waals surface area (Å²) in [5.74, 6) is 1.75. The van der Waals surface area contributed by atoms with E-state index in [1.165, 1.54) is 23.3 Å². The zero-order chi connectivity index (χ0) is 31.2. The SMILES string of the molecule is COc1ccccc1-c1cc(F)cc2cnc(Nc3ccc(C4CCN(C(=O)OC(C)(C)C)CC4)c4c3OC(C)(C)C4)nc12. The number of aromatic nitrogens is 2. The molecule has 3 aromatic carbocycles. The van der Waals surface area contributed by atoms with Gasteiger partial charge >= 0.3 is 6.09 Å². The first-order valence-electron chi connectivity index (χ1n) is 15.1. The lowest BCUT2D eigenvalue weighted by Gasteiger charge is -2.34. The lowest BCUT2D eigenvalue weighted by Crippen LogP contribution is -2.41. The third kappa shape index (κ3) is 6.00. The Morgan fingerprint density at radius 1 is 1.09 bits per heavy atom. The fraction of sp³-hybridized carbons (Fsp3) is 0.400. The number of hydrogen-bond acceptors (Lipinski definition) is 7. The predicted molar refractivity (Wildman–Crippen MR) is 169 cm³/mol. The first-order valence-corrected chi connectivity index (χ1v) is 15.1. The fourth-order valence-corrected chi connectivity index (χ4v) is 6.22. The minimum Gasteiger partial charge on any atom is -0.496 e. The van der Waals surface area contributed by atoms with Gasteiger partial charge in [-0.05, 0) is 83.2 Å². The summed E-state index contributed by atoms with van der Waals surface area (Å²) in [4.78, 5) is 23.8. The Hall–Kier alpha value is -4.40. The van der Waals surface area contributed by atoms with Crippen LogP contribution in [0.25, 0.3) is 22.0 Å². The number of nitrogens with one attached hydrogen (secondary N) is 1. The van der Waals surface area contributed by atoms with Crippen LogP contribution in [0.2, 0.25) is 0 Å². The Morgan fingerprint density at radius 2 is 1.84 bits per heavy atom. The zero-order valence-electron chi connectivity index (χ0n) is 26.2. The number of piperidine rings is 1. The van der Waals surface area contributed by atoms with E-state index in [1.54, 1.807) is 18.2 Å². The first kappa shape index (κ1) is 29.7. The molecule has 4 aromatic rings. The monoisotopic (exact) mass is 598 g/mol. The van der Waals surface area contributed by atoms with E-state index in [-0.39, 0.29) is 17.5 Å². The number of hydrogen-bond donors (Lipinski definition) is 1. The molecular formula is C35H39FN4O4. The maximum atomic E-state index is 14.7. The Kier molecular flexibility index (Phi) is 7.59.